The molecule has 2 N–H and O–H groups in total. The van der Waals surface area contributed by atoms with Gasteiger partial charge in [0.1, 0.15) is 0 Å². The van der Waals surface area contributed by atoms with Crippen LogP contribution in [-0.4, -0.2) is 31.7 Å². The van der Waals surface area contributed by atoms with Gasteiger partial charge in [-0.25, -0.2) is 8.42 Å². The molecule has 0 spiro atoms. The molecule has 1 aromatic rings. The summed E-state index contributed by atoms with van der Waals surface area (Å²) < 4.78 is 23.3. The van der Waals surface area contributed by atoms with Gasteiger partial charge in [0.25, 0.3) is 0 Å². The molecule has 124 valence electrons. The van der Waals surface area contributed by atoms with Gasteiger partial charge in [-0.15, -0.1) is 0 Å². The monoisotopic (exact) mass is 337 g/mol. The molecule has 0 saturated heterocycles. The van der Waals surface area contributed by atoms with E-state index in [-0.39, 0.29) is 4.90 Å². The number of carbonyl (C=O) groups is 2. The minimum Gasteiger partial charge on any atom is -0.481 e. The molecule has 2 rings (SSSR count). The Morgan fingerprint density at radius 2 is 1.78 bits per heavy atom. The molecule has 2 atom stereocenters. The van der Waals surface area contributed by atoms with Gasteiger partial charge in [0.15, 0.2) is 9.84 Å². The van der Waals surface area contributed by atoms with E-state index in [9.17, 15) is 23.1 Å². The van der Waals surface area contributed by atoms with Crippen molar-refractivity contribution in [3.05, 3.63) is 35.9 Å². The summed E-state index contributed by atoms with van der Waals surface area (Å²) in [6.07, 6.45) is 5.32. The summed E-state index contributed by atoms with van der Waals surface area (Å²) in [6.45, 7) is 1.75. The average molecular weight is 337 g/mol. The highest BCUT2D eigenvalue weighted by Gasteiger charge is 2.34. The number of hydrogen-bond donors (Lipinski definition) is 2. The number of benzene rings is 1. The van der Waals surface area contributed by atoms with E-state index in [0.717, 1.165) is 6.26 Å². The lowest BCUT2D eigenvalue weighted by atomic mass is 9.82. The third-order valence-corrected chi connectivity index (χ3v) is 5.09. The number of aryl methyl sites for hydroxylation is 1. The second kappa shape index (κ2) is 6.54. The lowest BCUT2D eigenvalue weighted by molar-refractivity contribution is -0.146. The molecule has 0 bridgehead atoms. The van der Waals surface area contributed by atoms with E-state index in [1.807, 2.05) is 0 Å². The van der Waals surface area contributed by atoms with E-state index >= 15 is 0 Å². The Kier molecular flexibility index (Phi) is 4.89. The van der Waals surface area contributed by atoms with Gasteiger partial charge in [0, 0.05) is 11.9 Å². The summed E-state index contributed by atoms with van der Waals surface area (Å²) >= 11 is 0. The Morgan fingerprint density at radius 1 is 1.17 bits per heavy atom. The summed E-state index contributed by atoms with van der Waals surface area (Å²) in [5.74, 6) is -2.84. The first-order valence-electron chi connectivity index (χ1n) is 7.19. The smallest absolute Gasteiger partial charge is 0.307 e. The molecule has 0 unspecified atom stereocenters. The first-order valence-corrected chi connectivity index (χ1v) is 9.08. The molecule has 0 radical (unpaired) electrons. The molecular formula is C16H19NO5S. The third kappa shape index (κ3) is 3.98. The van der Waals surface area contributed by atoms with Crippen LogP contribution in [0.1, 0.15) is 18.4 Å². The maximum atomic E-state index is 12.4. The molecule has 0 aliphatic heterocycles. The van der Waals surface area contributed by atoms with Crippen LogP contribution in [0, 0.1) is 18.8 Å². The zero-order chi connectivity index (χ0) is 17.2. The number of carboxylic acids is 1. The number of amides is 1. The van der Waals surface area contributed by atoms with Crippen LogP contribution in [0.2, 0.25) is 0 Å². The molecule has 0 heterocycles. The predicted molar refractivity (Wildman–Crippen MR) is 85.9 cm³/mol. The van der Waals surface area contributed by atoms with Crippen molar-refractivity contribution in [1.82, 2.24) is 0 Å². The Morgan fingerprint density at radius 3 is 2.35 bits per heavy atom. The van der Waals surface area contributed by atoms with E-state index < -0.39 is 33.5 Å². The van der Waals surface area contributed by atoms with E-state index in [4.69, 9.17) is 0 Å². The van der Waals surface area contributed by atoms with Crippen molar-refractivity contribution in [2.24, 2.45) is 11.8 Å². The fraction of sp³-hybridized carbons (Fsp3) is 0.375. The van der Waals surface area contributed by atoms with Crippen molar-refractivity contribution >= 4 is 27.4 Å². The first-order chi connectivity index (χ1) is 10.7. The fourth-order valence-electron chi connectivity index (χ4n) is 2.57. The van der Waals surface area contributed by atoms with Gasteiger partial charge in [0.2, 0.25) is 5.91 Å². The first kappa shape index (κ1) is 17.2. The molecule has 6 nitrogen and oxygen atoms in total. The van der Waals surface area contributed by atoms with Crippen molar-refractivity contribution in [2.45, 2.75) is 24.7 Å². The maximum Gasteiger partial charge on any atom is 0.307 e. The minimum absolute atomic E-state index is 0.108. The normalized spacial score (nSPS) is 21.0. The molecule has 1 amide bonds. The highest BCUT2D eigenvalue weighted by Crippen LogP contribution is 2.28. The second-order valence-electron chi connectivity index (χ2n) is 5.73. The van der Waals surface area contributed by atoms with Crippen LogP contribution in [0.25, 0.3) is 0 Å². The van der Waals surface area contributed by atoms with Crippen molar-refractivity contribution in [3.63, 3.8) is 0 Å². The van der Waals surface area contributed by atoms with E-state index in [1.165, 1.54) is 12.1 Å². The number of anilines is 1. The Hall–Kier alpha value is -2.15. The van der Waals surface area contributed by atoms with Crippen molar-refractivity contribution < 1.29 is 23.1 Å². The summed E-state index contributed by atoms with van der Waals surface area (Å²) in [6, 6.07) is 4.49. The molecule has 0 saturated carbocycles. The van der Waals surface area contributed by atoms with E-state index in [1.54, 1.807) is 25.1 Å². The topological polar surface area (TPSA) is 101 Å². The summed E-state index contributed by atoms with van der Waals surface area (Å²) in [5, 5.41) is 11.9. The van der Waals surface area contributed by atoms with Crippen LogP contribution in [0.15, 0.2) is 35.2 Å². The molecule has 7 heteroatoms. The zero-order valence-electron chi connectivity index (χ0n) is 12.9. The number of carboxylic acid groups (broad SMARTS) is 1. The van der Waals surface area contributed by atoms with Gasteiger partial charge in [-0.2, -0.15) is 0 Å². The highest BCUT2D eigenvalue weighted by molar-refractivity contribution is 7.90. The number of allylic oxidation sites excluding steroid dienone is 2. The second-order valence-corrected chi connectivity index (χ2v) is 7.75. The van der Waals surface area contributed by atoms with Gasteiger partial charge in [0.05, 0.1) is 16.7 Å². The van der Waals surface area contributed by atoms with Crippen molar-refractivity contribution in [1.29, 1.82) is 0 Å². The van der Waals surface area contributed by atoms with Gasteiger partial charge in [-0.3, -0.25) is 9.59 Å². The van der Waals surface area contributed by atoms with E-state index in [2.05, 4.69) is 5.32 Å². The fourth-order valence-corrected chi connectivity index (χ4v) is 3.22. The van der Waals surface area contributed by atoms with Crippen LogP contribution >= 0.6 is 0 Å². The summed E-state index contributed by atoms with van der Waals surface area (Å²) in [5.41, 5.74) is 1.10. The zero-order valence-corrected chi connectivity index (χ0v) is 13.8. The highest BCUT2D eigenvalue weighted by atomic mass is 32.2. The van der Waals surface area contributed by atoms with Crippen molar-refractivity contribution in [3.8, 4) is 0 Å². The Labute approximate surface area is 135 Å². The number of hydrogen-bond acceptors (Lipinski definition) is 4. The standard InChI is InChI=1S/C16H19NO5S/c1-10-7-8-11(23(2,21)22)9-14(10)17-15(18)12-5-3-4-6-13(12)16(19)20/h3-4,7-9,12-13H,5-6H2,1-2H3,(H,17,18)(H,19,20)/t12-,13-/m0/s1. The quantitative estimate of drug-likeness (QED) is 0.819. The molecular weight excluding hydrogens is 318 g/mol. The van der Waals surface area contributed by atoms with Crippen LogP contribution < -0.4 is 5.32 Å². The number of rotatable bonds is 4. The van der Waals surface area contributed by atoms with Gasteiger partial charge >= 0.3 is 5.97 Å². The van der Waals surface area contributed by atoms with Crippen molar-refractivity contribution in [2.75, 3.05) is 11.6 Å². The number of nitrogens with one attached hydrogen (secondary N) is 1. The summed E-state index contributed by atoms with van der Waals surface area (Å²) in [7, 11) is -3.38. The van der Waals surface area contributed by atoms with Crippen LogP contribution in [0.3, 0.4) is 0 Å². The lowest BCUT2D eigenvalue weighted by Gasteiger charge is -2.24. The minimum atomic E-state index is -3.38. The largest absolute Gasteiger partial charge is 0.481 e. The molecule has 0 aromatic heterocycles. The predicted octanol–water partition coefficient (Wildman–Crippen LogP) is 2.00. The number of aliphatic carboxylic acids is 1. The maximum absolute atomic E-state index is 12.4. The molecule has 0 fully saturated rings. The number of carbonyl (C=O) groups excluding carboxylic acids is 1. The average Bonchev–Trinajstić information content (AvgIpc) is 2.48. The Bertz CT molecular complexity index is 767. The van der Waals surface area contributed by atoms with Crippen LogP contribution in [-0.2, 0) is 19.4 Å². The van der Waals surface area contributed by atoms with Crippen LogP contribution in [0.5, 0.6) is 0 Å². The van der Waals surface area contributed by atoms with Crippen LogP contribution in [0.4, 0.5) is 5.69 Å². The Balaban J connectivity index is 2.26. The lowest BCUT2D eigenvalue weighted by Crippen LogP contribution is -2.34. The summed E-state index contributed by atoms with van der Waals surface area (Å²) in [4.78, 5) is 23.8. The molecule has 23 heavy (non-hydrogen) atoms. The third-order valence-electron chi connectivity index (χ3n) is 3.98. The number of sulfone groups is 1. The van der Waals surface area contributed by atoms with Gasteiger partial charge < -0.3 is 10.4 Å². The van der Waals surface area contributed by atoms with Gasteiger partial charge in [-0.1, -0.05) is 18.2 Å². The molecule has 1 aromatic carbocycles. The molecule has 1 aliphatic rings. The SMILES string of the molecule is Cc1ccc(S(C)(=O)=O)cc1NC(=O)[C@H]1CC=CC[C@@H]1C(=O)O. The molecule has 1 aliphatic carbocycles. The van der Waals surface area contributed by atoms with E-state index in [0.29, 0.717) is 24.1 Å². The van der Waals surface area contributed by atoms with Gasteiger partial charge in [-0.05, 0) is 37.5 Å².